The molecular weight excluding hydrogens is 385 g/mol. The fourth-order valence-electron chi connectivity index (χ4n) is 3.20. The number of benzene rings is 2. The van der Waals surface area contributed by atoms with Gasteiger partial charge in [-0.3, -0.25) is 4.79 Å². The van der Waals surface area contributed by atoms with Gasteiger partial charge in [-0.2, -0.15) is 8.78 Å². The predicted octanol–water partition coefficient (Wildman–Crippen LogP) is 4.46. The lowest BCUT2D eigenvalue weighted by atomic mass is 9.96. The number of halogens is 2. The third-order valence-corrected chi connectivity index (χ3v) is 4.90. The van der Waals surface area contributed by atoms with Gasteiger partial charge in [-0.1, -0.05) is 27.4 Å². The molecule has 2 atom stereocenters. The number of ether oxygens (including phenoxy) is 1. The Morgan fingerprint density at radius 1 is 1.25 bits per heavy atom. The van der Waals surface area contributed by atoms with Gasteiger partial charge in [0.05, 0.1) is 12.1 Å². The van der Waals surface area contributed by atoms with Crippen molar-refractivity contribution >= 4 is 20.8 Å². The second-order valence-corrected chi connectivity index (χ2v) is 7.28. The third-order valence-electron chi connectivity index (χ3n) is 4.59. The van der Waals surface area contributed by atoms with Crippen molar-refractivity contribution in [2.75, 3.05) is 11.9 Å². The van der Waals surface area contributed by atoms with Crippen LogP contribution in [0.4, 0.5) is 14.5 Å². The van der Waals surface area contributed by atoms with Crippen LogP contribution < -0.4 is 10.1 Å². The third kappa shape index (κ3) is 3.76. The number of nitrogens with zero attached hydrogens (tertiary/aromatic N) is 1. The van der Waals surface area contributed by atoms with Gasteiger partial charge in [0, 0.05) is 16.8 Å². The number of carbonyl (C=O) groups excluding carboxylic acids is 1. The van der Waals surface area contributed by atoms with Crippen molar-refractivity contribution in [3.05, 3.63) is 66.2 Å². The Morgan fingerprint density at radius 3 is 2.82 bits per heavy atom. The van der Waals surface area contributed by atoms with E-state index in [0.717, 1.165) is 11.3 Å². The summed E-state index contributed by atoms with van der Waals surface area (Å²) in [5.74, 6) is 0.323. The zero-order chi connectivity index (χ0) is 19.7. The second kappa shape index (κ2) is 7.32. The maximum Gasteiger partial charge on any atom is 0.284 e. The number of nitrogens with one attached hydrogen (secondary N) is 1. The molecule has 1 amide bonds. The lowest BCUT2D eigenvalue weighted by Gasteiger charge is -2.24. The maximum atomic E-state index is 14.1. The van der Waals surface area contributed by atoms with Gasteiger partial charge in [-0.05, 0) is 36.2 Å². The average Bonchev–Trinajstić information content (AvgIpc) is 3.21. The van der Waals surface area contributed by atoms with E-state index in [2.05, 4.69) is 10.3 Å². The Bertz CT molecular complexity index is 1000. The van der Waals surface area contributed by atoms with Crippen LogP contribution in [0.25, 0.3) is 11.3 Å². The molecule has 2 unspecified atom stereocenters. The van der Waals surface area contributed by atoms with Gasteiger partial charge < -0.3 is 14.5 Å². The van der Waals surface area contributed by atoms with Crippen molar-refractivity contribution in [3.63, 3.8) is 0 Å². The van der Waals surface area contributed by atoms with Gasteiger partial charge in [0.15, 0.2) is 12.2 Å². The highest BCUT2D eigenvalue weighted by Gasteiger charge is 2.31. The molecule has 2 aromatic carbocycles. The summed E-state index contributed by atoms with van der Waals surface area (Å²) in [7, 11) is 1.51. The van der Waals surface area contributed by atoms with Crippen LogP contribution in [-0.4, -0.2) is 17.5 Å². The van der Waals surface area contributed by atoms with Crippen LogP contribution in [0.3, 0.4) is 0 Å². The van der Waals surface area contributed by atoms with Crippen molar-refractivity contribution in [3.8, 4) is 17.1 Å². The van der Waals surface area contributed by atoms with Crippen LogP contribution in [0.15, 0.2) is 59.5 Å². The Hall–Kier alpha value is -2.79. The van der Waals surface area contributed by atoms with E-state index in [1.54, 1.807) is 6.07 Å². The summed E-state index contributed by atoms with van der Waals surface area (Å²) in [4.78, 5) is 16.4. The number of aromatic nitrogens is 1. The minimum absolute atomic E-state index is 0.213. The summed E-state index contributed by atoms with van der Waals surface area (Å²) >= 11 is 0. The largest absolute Gasteiger partial charge is 0.492 e. The SMILES string of the molecule is O=C(Nc1ccc(-c2cnco2)c(C(F)(F)P)c1)C1COc2ccccc2C1. The van der Waals surface area contributed by atoms with E-state index in [9.17, 15) is 13.6 Å². The summed E-state index contributed by atoms with van der Waals surface area (Å²) in [5, 5.41) is 2.72. The zero-order valence-electron chi connectivity index (χ0n) is 14.7. The number of anilines is 1. The molecule has 8 heteroatoms. The fraction of sp³-hybridized carbons (Fsp3) is 0.200. The van der Waals surface area contributed by atoms with Crippen LogP contribution in [0, 0.1) is 5.92 Å². The molecule has 2 heterocycles. The van der Waals surface area contributed by atoms with Gasteiger partial charge in [0.1, 0.15) is 12.4 Å². The van der Waals surface area contributed by atoms with Crippen molar-refractivity contribution < 1.29 is 22.7 Å². The Kier molecular flexibility index (Phi) is 4.85. The van der Waals surface area contributed by atoms with Crippen LogP contribution in [0.5, 0.6) is 5.75 Å². The molecule has 5 nitrogen and oxygen atoms in total. The first-order valence-corrected chi connectivity index (χ1v) is 9.21. The number of fused-ring (bicyclic) bond motifs is 1. The van der Waals surface area contributed by atoms with Crippen LogP contribution in [0.2, 0.25) is 0 Å². The second-order valence-electron chi connectivity index (χ2n) is 6.56. The molecule has 28 heavy (non-hydrogen) atoms. The molecule has 1 aromatic heterocycles. The average molecular weight is 402 g/mol. The quantitative estimate of drug-likeness (QED) is 0.655. The molecule has 0 fully saturated rings. The first-order chi connectivity index (χ1) is 13.4. The minimum atomic E-state index is -3.20. The lowest BCUT2D eigenvalue weighted by molar-refractivity contribution is -0.121. The molecule has 0 aliphatic carbocycles. The molecule has 3 aromatic rings. The summed E-state index contributed by atoms with van der Waals surface area (Å²) in [6.45, 7) is 0.242. The minimum Gasteiger partial charge on any atom is -0.492 e. The molecule has 0 saturated heterocycles. The lowest BCUT2D eigenvalue weighted by Crippen LogP contribution is -2.32. The molecular formula is C20H17F2N2O3P. The van der Waals surface area contributed by atoms with E-state index >= 15 is 0 Å². The highest BCUT2D eigenvalue weighted by Crippen LogP contribution is 2.42. The van der Waals surface area contributed by atoms with Gasteiger partial charge in [0.2, 0.25) is 5.91 Å². The van der Waals surface area contributed by atoms with E-state index in [0.29, 0.717) is 6.42 Å². The summed E-state index contributed by atoms with van der Waals surface area (Å²) in [6.07, 6.45) is 3.08. The Balaban J connectivity index is 1.56. The van der Waals surface area contributed by atoms with Gasteiger partial charge >= 0.3 is 0 Å². The number of oxazole rings is 1. The first-order valence-electron chi connectivity index (χ1n) is 8.63. The number of para-hydroxylation sites is 1. The standard InChI is InChI=1S/C20H17F2N2O3P/c21-20(22,28)16-8-14(5-6-15(16)18-9-23-11-27-18)24-19(25)13-7-12-3-1-2-4-17(12)26-10-13/h1-6,8-9,11,13H,7,10,28H2,(H,24,25). The number of hydrogen-bond acceptors (Lipinski definition) is 4. The molecule has 1 aliphatic rings. The van der Waals surface area contributed by atoms with Crippen LogP contribution in [0.1, 0.15) is 11.1 Å². The topological polar surface area (TPSA) is 64.4 Å². The highest BCUT2D eigenvalue weighted by atomic mass is 31.0. The van der Waals surface area contributed by atoms with E-state index in [1.165, 1.54) is 34.0 Å². The summed E-state index contributed by atoms with van der Waals surface area (Å²) < 4.78 is 39.0. The molecule has 0 radical (unpaired) electrons. The van der Waals surface area contributed by atoms with Gasteiger partial charge in [0.25, 0.3) is 5.66 Å². The van der Waals surface area contributed by atoms with Crippen molar-refractivity contribution in [1.29, 1.82) is 0 Å². The Labute approximate surface area is 162 Å². The van der Waals surface area contributed by atoms with Crippen LogP contribution >= 0.6 is 9.24 Å². The van der Waals surface area contributed by atoms with Crippen molar-refractivity contribution in [2.24, 2.45) is 5.92 Å². The predicted molar refractivity (Wildman–Crippen MR) is 103 cm³/mol. The smallest absolute Gasteiger partial charge is 0.284 e. The van der Waals surface area contributed by atoms with E-state index in [4.69, 9.17) is 9.15 Å². The summed E-state index contributed by atoms with van der Waals surface area (Å²) in [5.41, 5.74) is -2.03. The molecule has 1 aliphatic heterocycles. The number of alkyl halides is 2. The molecule has 144 valence electrons. The van der Waals surface area contributed by atoms with Crippen LogP contribution in [-0.2, 0) is 16.9 Å². The summed E-state index contributed by atoms with van der Waals surface area (Å²) in [6, 6.07) is 11.8. The molecule has 0 spiro atoms. The normalized spacial score (nSPS) is 16.2. The number of carbonyl (C=O) groups is 1. The van der Waals surface area contributed by atoms with E-state index in [1.807, 2.05) is 24.3 Å². The monoisotopic (exact) mass is 402 g/mol. The first kappa shape index (κ1) is 18.6. The van der Waals surface area contributed by atoms with Gasteiger partial charge in [-0.25, -0.2) is 4.98 Å². The Morgan fingerprint density at radius 2 is 2.07 bits per heavy atom. The highest BCUT2D eigenvalue weighted by molar-refractivity contribution is 7.17. The van der Waals surface area contributed by atoms with Gasteiger partial charge in [-0.15, -0.1) is 0 Å². The number of rotatable bonds is 4. The zero-order valence-corrected chi connectivity index (χ0v) is 15.8. The van der Waals surface area contributed by atoms with Crippen molar-refractivity contribution in [1.82, 2.24) is 4.98 Å². The molecule has 1 N–H and O–H groups in total. The van der Waals surface area contributed by atoms with E-state index < -0.39 is 11.6 Å². The fourth-order valence-corrected chi connectivity index (χ4v) is 3.44. The molecule has 0 bridgehead atoms. The van der Waals surface area contributed by atoms with E-state index in [-0.39, 0.29) is 35.1 Å². The number of amides is 1. The number of hydrogen-bond donors (Lipinski definition) is 1. The molecule has 0 saturated carbocycles. The van der Waals surface area contributed by atoms with Crippen molar-refractivity contribution in [2.45, 2.75) is 12.1 Å². The maximum absolute atomic E-state index is 14.1. The molecule has 4 rings (SSSR count).